The third-order valence-corrected chi connectivity index (χ3v) is 8.34. The van der Waals surface area contributed by atoms with Crippen LogP contribution in [0.4, 0.5) is 11.4 Å². The van der Waals surface area contributed by atoms with Crippen molar-refractivity contribution in [3.05, 3.63) is 48.0 Å². The van der Waals surface area contributed by atoms with Crippen molar-refractivity contribution in [2.24, 2.45) is 11.8 Å². The lowest BCUT2D eigenvalue weighted by molar-refractivity contribution is -0.118. The highest BCUT2D eigenvalue weighted by atomic mass is 32.2. The lowest BCUT2D eigenvalue weighted by Crippen LogP contribution is -2.34. The van der Waals surface area contributed by atoms with Crippen molar-refractivity contribution in [3.8, 4) is 0 Å². The zero-order valence-electron chi connectivity index (χ0n) is 20.1. The van der Waals surface area contributed by atoms with E-state index in [1.54, 1.807) is 26.0 Å². The second-order valence-corrected chi connectivity index (χ2v) is 11.7. The van der Waals surface area contributed by atoms with Crippen molar-refractivity contribution in [1.29, 1.82) is 0 Å². The third-order valence-electron chi connectivity index (χ3n) is 6.01. The first kappa shape index (κ1) is 25.6. The maximum Gasteiger partial charge on any atom is 0.241 e. The Morgan fingerprint density at radius 2 is 1.82 bits per heavy atom. The number of anilines is 2. The molecule has 1 aliphatic rings. The van der Waals surface area contributed by atoms with Crippen LogP contribution in [-0.4, -0.2) is 33.7 Å². The second kappa shape index (κ2) is 10.9. The SMILES string of the molecule is CSc1ccc(S(=O)(=O)N[C@@H](C)c2ccc(N3CCC[C@@H](C)C3)cc2)cc1NC(=O)C(C)C. The highest BCUT2D eigenvalue weighted by Crippen LogP contribution is 2.30. The number of thioether (sulfide) groups is 1. The quantitative estimate of drug-likeness (QED) is 0.493. The standard InChI is InChI=1S/C25H35N3O3S2/c1-17(2)25(29)26-23-15-22(12-13-24(23)32-5)33(30,31)27-19(4)20-8-10-21(11-9-20)28-14-6-7-18(3)16-28/h8-13,15,17-19,27H,6-7,14,16H2,1-5H3,(H,26,29)/t18-,19+/m1/s1. The Labute approximate surface area is 202 Å². The molecule has 0 unspecified atom stereocenters. The lowest BCUT2D eigenvalue weighted by atomic mass is 9.99. The third kappa shape index (κ3) is 6.52. The minimum absolute atomic E-state index is 0.130. The lowest BCUT2D eigenvalue weighted by Gasteiger charge is -2.33. The molecular formula is C25H35N3O3S2. The number of hydrogen-bond donors (Lipinski definition) is 2. The fourth-order valence-electron chi connectivity index (χ4n) is 4.00. The summed E-state index contributed by atoms with van der Waals surface area (Å²) in [5.74, 6) is 0.343. The highest BCUT2D eigenvalue weighted by molar-refractivity contribution is 7.98. The van der Waals surface area contributed by atoms with Crippen LogP contribution >= 0.6 is 11.8 Å². The van der Waals surface area contributed by atoms with Gasteiger partial charge < -0.3 is 10.2 Å². The van der Waals surface area contributed by atoms with Gasteiger partial charge in [-0.1, -0.05) is 32.9 Å². The van der Waals surface area contributed by atoms with Crippen molar-refractivity contribution < 1.29 is 13.2 Å². The zero-order valence-corrected chi connectivity index (χ0v) is 21.7. The van der Waals surface area contributed by atoms with Gasteiger partial charge in [0.2, 0.25) is 15.9 Å². The van der Waals surface area contributed by atoms with Crippen LogP contribution in [0.1, 0.15) is 52.1 Å². The van der Waals surface area contributed by atoms with Gasteiger partial charge >= 0.3 is 0 Å². The summed E-state index contributed by atoms with van der Waals surface area (Å²) in [6, 6.07) is 12.6. The fraction of sp³-hybridized carbons (Fsp3) is 0.480. The summed E-state index contributed by atoms with van der Waals surface area (Å²) in [7, 11) is -3.77. The topological polar surface area (TPSA) is 78.5 Å². The molecule has 3 rings (SSSR count). The van der Waals surface area contributed by atoms with Crippen LogP contribution < -0.4 is 14.9 Å². The van der Waals surface area contributed by atoms with Gasteiger partial charge in [0.25, 0.3) is 0 Å². The van der Waals surface area contributed by atoms with Gasteiger partial charge in [0, 0.05) is 35.6 Å². The summed E-state index contributed by atoms with van der Waals surface area (Å²) < 4.78 is 29.0. The van der Waals surface area contributed by atoms with E-state index in [2.05, 4.69) is 34.0 Å². The Morgan fingerprint density at radius 1 is 1.12 bits per heavy atom. The first-order valence-corrected chi connectivity index (χ1v) is 14.2. The van der Waals surface area contributed by atoms with E-state index >= 15 is 0 Å². The number of amides is 1. The minimum Gasteiger partial charge on any atom is -0.371 e. The number of rotatable bonds is 8. The fourth-order valence-corrected chi connectivity index (χ4v) is 5.79. The molecule has 6 nitrogen and oxygen atoms in total. The number of hydrogen-bond acceptors (Lipinski definition) is 5. The first-order valence-electron chi connectivity index (χ1n) is 11.5. The summed E-state index contributed by atoms with van der Waals surface area (Å²) in [6.07, 6.45) is 4.37. The number of benzene rings is 2. The number of carbonyl (C=O) groups is 1. The molecule has 180 valence electrons. The molecule has 2 aromatic carbocycles. The highest BCUT2D eigenvalue weighted by Gasteiger charge is 2.22. The van der Waals surface area contributed by atoms with Crippen molar-refractivity contribution in [1.82, 2.24) is 4.72 Å². The van der Waals surface area contributed by atoms with Crippen LogP contribution in [0.5, 0.6) is 0 Å². The summed E-state index contributed by atoms with van der Waals surface area (Å²) in [4.78, 5) is 15.5. The van der Waals surface area contributed by atoms with Crippen molar-refractivity contribution in [2.75, 3.05) is 29.6 Å². The monoisotopic (exact) mass is 489 g/mol. The largest absolute Gasteiger partial charge is 0.371 e. The van der Waals surface area contributed by atoms with Crippen LogP contribution in [0.3, 0.4) is 0 Å². The molecule has 0 spiro atoms. The molecule has 0 aliphatic carbocycles. The predicted octanol–water partition coefficient (Wildman–Crippen LogP) is 5.28. The van der Waals surface area contributed by atoms with Crippen LogP contribution in [0.25, 0.3) is 0 Å². The van der Waals surface area contributed by atoms with E-state index in [0.29, 0.717) is 11.6 Å². The van der Waals surface area contributed by atoms with Crippen LogP contribution in [-0.2, 0) is 14.8 Å². The average Bonchev–Trinajstić information content (AvgIpc) is 2.78. The number of sulfonamides is 1. The van der Waals surface area contributed by atoms with E-state index in [9.17, 15) is 13.2 Å². The number of piperidine rings is 1. The molecule has 1 amide bonds. The molecule has 2 N–H and O–H groups in total. The van der Waals surface area contributed by atoms with Gasteiger partial charge in [-0.25, -0.2) is 13.1 Å². The molecule has 0 saturated carbocycles. The molecule has 33 heavy (non-hydrogen) atoms. The summed E-state index contributed by atoms with van der Waals surface area (Å²) in [5, 5.41) is 2.84. The minimum atomic E-state index is -3.77. The van der Waals surface area contributed by atoms with Gasteiger partial charge in [-0.05, 0) is 67.8 Å². The van der Waals surface area contributed by atoms with E-state index in [4.69, 9.17) is 0 Å². The zero-order chi connectivity index (χ0) is 24.2. The Morgan fingerprint density at radius 3 is 2.42 bits per heavy atom. The van der Waals surface area contributed by atoms with Crippen molar-refractivity contribution in [2.45, 2.75) is 56.4 Å². The van der Waals surface area contributed by atoms with Gasteiger partial charge in [-0.15, -0.1) is 11.8 Å². The number of carbonyl (C=O) groups excluding carboxylic acids is 1. The molecule has 0 aromatic heterocycles. The molecule has 0 bridgehead atoms. The van der Waals surface area contributed by atoms with E-state index in [-0.39, 0.29) is 16.7 Å². The molecule has 1 aliphatic heterocycles. The molecule has 1 saturated heterocycles. The van der Waals surface area contributed by atoms with E-state index in [1.165, 1.54) is 36.4 Å². The Balaban J connectivity index is 1.75. The van der Waals surface area contributed by atoms with Gasteiger partial charge in [-0.2, -0.15) is 0 Å². The first-order chi connectivity index (χ1) is 15.6. The van der Waals surface area contributed by atoms with Crippen molar-refractivity contribution in [3.63, 3.8) is 0 Å². The van der Waals surface area contributed by atoms with E-state index < -0.39 is 16.1 Å². The van der Waals surface area contributed by atoms with Crippen molar-refractivity contribution >= 4 is 39.1 Å². The maximum atomic E-state index is 13.1. The summed E-state index contributed by atoms with van der Waals surface area (Å²) >= 11 is 1.46. The molecule has 2 aromatic rings. The number of nitrogens with one attached hydrogen (secondary N) is 2. The molecule has 1 heterocycles. The molecule has 2 atom stereocenters. The molecular weight excluding hydrogens is 454 g/mol. The Hall–Kier alpha value is -2.03. The van der Waals surface area contributed by atoms with E-state index in [1.807, 2.05) is 25.3 Å². The second-order valence-electron chi connectivity index (χ2n) is 9.13. The number of nitrogens with zero attached hydrogens (tertiary/aromatic N) is 1. The van der Waals surface area contributed by atoms with Gasteiger partial charge in [0.15, 0.2) is 0 Å². The van der Waals surface area contributed by atoms with Crippen LogP contribution in [0.15, 0.2) is 52.3 Å². The smallest absolute Gasteiger partial charge is 0.241 e. The summed E-state index contributed by atoms with van der Waals surface area (Å²) in [6.45, 7) is 9.84. The normalized spacial score (nSPS) is 17.8. The van der Waals surface area contributed by atoms with Gasteiger partial charge in [0.1, 0.15) is 0 Å². The Kier molecular flexibility index (Phi) is 8.48. The molecule has 0 radical (unpaired) electrons. The Bertz CT molecular complexity index is 1070. The van der Waals surface area contributed by atoms with Gasteiger partial charge in [-0.3, -0.25) is 4.79 Å². The van der Waals surface area contributed by atoms with Gasteiger partial charge in [0.05, 0.1) is 10.6 Å². The maximum absolute atomic E-state index is 13.1. The molecule has 1 fully saturated rings. The average molecular weight is 490 g/mol. The predicted molar refractivity (Wildman–Crippen MR) is 137 cm³/mol. The summed E-state index contributed by atoms with van der Waals surface area (Å²) in [5.41, 5.74) is 2.59. The van der Waals surface area contributed by atoms with E-state index in [0.717, 1.165) is 23.5 Å². The van der Waals surface area contributed by atoms with Crippen LogP contribution in [0, 0.1) is 11.8 Å². The molecule has 8 heteroatoms. The van der Waals surface area contributed by atoms with Crippen LogP contribution in [0.2, 0.25) is 0 Å².